The van der Waals surface area contributed by atoms with Gasteiger partial charge >= 0.3 is 6.18 Å². The van der Waals surface area contributed by atoms with E-state index in [1.54, 1.807) is 11.4 Å². The number of H-pyrrole nitrogens is 1. The van der Waals surface area contributed by atoms with Crippen molar-refractivity contribution in [3.05, 3.63) is 63.9 Å². The van der Waals surface area contributed by atoms with Gasteiger partial charge in [0.15, 0.2) is 5.13 Å². The van der Waals surface area contributed by atoms with E-state index in [-0.39, 0.29) is 28.7 Å². The summed E-state index contributed by atoms with van der Waals surface area (Å²) in [5.74, 6) is -0.343. The summed E-state index contributed by atoms with van der Waals surface area (Å²) in [6, 6.07) is 7.68. The molecular formula is C22H24F3N4O2S+. The number of hydrogen-bond acceptors (Lipinski definition) is 4. The van der Waals surface area contributed by atoms with Gasteiger partial charge in [-0.05, 0) is 24.3 Å². The number of rotatable bonds is 7. The van der Waals surface area contributed by atoms with Gasteiger partial charge in [-0.2, -0.15) is 13.2 Å². The van der Waals surface area contributed by atoms with E-state index in [9.17, 15) is 22.8 Å². The Morgan fingerprint density at radius 2 is 1.94 bits per heavy atom. The zero-order valence-electron chi connectivity index (χ0n) is 17.9. The largest absolute Gasteiger partial charge is 0.416 e. The lowest BCUT2D eigenvalue weighted by molar-refractivity contribution is -0.870. The fourth-order valence-electron chi connectivity index (χ4n) is 3.10. The summed E-state index contributed by atoms with van der Waals surface area (Å²) in [5, 5.41) is 1.92. The number of carbonyl (C=O) groups is 1. The first-order valence-electron chi connectivity index (χ1n) is 9.89. The van der Waals surface area contributed by atoms with Crippen LogP contribution in [-0.4, -0.2) is 48.0 Å². The van der Waals surface area contributed by atoms with Gasteiger partial charge in [0.2, 0.25) is 11.5 Å². The van der Waals surface area contributed by atoms with Gasteiger partial charge in [0.1, 0.15) is 0 Å². The van der Waals surface area contributed by atoms with Crippen molar-refractivity contribution >= 4 is 28.1 Å². The summed E-state index contributed by atoms with van der Waals surface area (Å²) < 4.78 is 40.5. The molecule has 32 heavy (non-hydrogen) atoms. The minimum absolute atomic E-state index is 0.0990. The van der Waals surface area contributed by atoms with Crippen molar-refractivity contribution in [2.45, 2.75) is 19.0 Å². The Morgan fingerprint density at radius 1 is 1.19 bits per heavy atom. The highest BCUT2D eigenvalue weighted by molar-refractivity contribution is 7.14. The minimum atomic E-state index is -4.53. The Morgan fingerprint density at radius 3 is 2.59 bits per heavy atom. The molecule has 0 spiro atoms. The zero-order valence-corrected chi connectivity index (χ0v) is 18.8. The number of alkyl halides is 3. The maximum Gasteiger partial charge on any atom is 0.416 e. The third-order valence-electron chi connectivity index (χ3n) is 4.65. The normalized spacial score (nSPS) is 12.1. The van der Waals surface area contributed by atoms with Crippen molar-refractivity contribution in [2.24, 2.45) is 0 Å². The Hall–Kier alpha value is -2.98. The van der Waals surface area contributed by atoms with E-state index >= 15 is 0 Å². The smallest absolute Gasteiger partial charge is 0.331 e. The average molecular weight is 466 g/mol. The van der Waals surface area contributed by atoms with Crippen molar-refractivity contribution in [1.82, 2.24) is 9.97 Å². The fourth-order valence-corrected chi connectivity index (χ4v) is 3.97. The standard InChI is InChI=1S/C22H23F3N4O2S/c1-29(2,3)11-5-8-20(31)28(17-7-4-6-16(13-17)22(23,24)25)21-27-18(14-32-21)15-9-10-26-19(30)12-15/h4,6-7,9-10,12-14H,5,8,11H2,1-3H3/p+1. The summed E-state index contributed by atoms with van der Waals surface area (Å²) in [6.07, 6.45) is -2.32. The number of nitrogens with one attached hydrogen (secondary N) is 1. The number of quaternary nitrogens is 1. The number of pyridine rings is 1. The number of halogens is 3. The molecule has 3 aromatic rings. The molecule has 0 fully saturated rings. The van der Waals surface area contributed by atoms with Crippen molar-refractivity contribution < 1.29 is 22.4 Å². The average Bonchev–Trinajstić information content (AvgIpc) is 3.16. The van der Waals surface area contributed by atoms with Crippen LogP contribution in [0.25, 0.3) is 11.3 Å². The van der Waals surface area contributed by atoms with Crippen LogP contribution in [-0.2, 0) is 11.0 Å². The van der Waals surface area contributed by atoms with E-state index < -0.39 is 11.7 Å². The molecule has 0 radical (unpaired) electrons. The highest BCUT2D eigenvalue weighted by Crippen LogP contribution is 2.36. The van der Waals surface area contributed by atoms with Crippen LogP contribution in [0.1, 0.15) is 18.4 Å². The third-order valence-corrected chi connectivity index (χ3v) is 5.48. The topological polar surface area (TPSA) is 66.1 Å². The second-order valence-electron chi connectivity index (χ2n) is 8.35. The van der Waals surface area contributed by atoms with Crippen LogP contribution in [0, 0.1) is 0 Å². The van der Waals surface area contributed by atoms with E-state index in [1.807, 2.05) is 21.1 Å². The molecule has 0 aliphatic heterocycles. The molecule has 1 amide bonds. The van der Waals surface area contributed by atoms with Crippen molar-refractivity contribution in [3.63, 3.8) is 0 Å². The van der Waals surface area contributed by atoms with Gasteiger partial charge < -0.3 is 9.47 Å². The first kappa shape index (κ1) is 23.7. The van der Waals surface area contributed by atoms with Gasteiger partial charge in [-0.3, -0.25) is 14.5 Å². The summed E-state index contributed by atoms with van der Waals surface area (Å²) in [7, 11) is 6.01. The number of hydrogen-bond donors (Lipinski definition) is 1. The molecule has 0 saturated carbocycles. The van der Waals surface area contributed by atoms with E-state index in [0.717, 1.165) is 30.0 Å². The zero-order chi connectivity index (χ0) is 23.5. The Kier molecular flexibility index (Phi) is 6.85. The van der Waals surface area contributed by atoms with Gasteiger partial charge in [0, 0.05) is 36.0 Å². The number of amides is 1. The molecule has 1 aromatic carbocycles. The van der Waals surface area contributed by atoms with Crippen LogP contribution in [0.3, 0.4) is 0 Å². The monoisotopic (exact) mass is 465 g/mol. The second kappa shape index (κ2) is 9.25. The lowest BCUT2D eigenvalue weighted by Crippen LogP contribution is -2.36. The van der Waals surface area contributed by atoms with Crippen molar-refractivity contribution in [3.8, 4) is 11.3 Å². The molecule has 2 heterocycles. The predicted molar refractivity (Wildman–Crippen MR) is 119 cm³/mol. The van der Waals surface area contributed by atoms with Gasteiger partial charge in [-0.15, -0.1) is 11.3 Å². The maximum atomic E-state index is 13.3. The number of nitrogens with zero attached hydrogens (tertiary/aromatic N) is 3. The van der Waals surface area contributed by atoms with Crippen LogP contribution in [0.4, 0.5) is 24.0 Å². The summed E-state index contributed by atoms with van der Waals surface area (Å²) in [6.45, 7) is 0.734. The van der Waals surface area contributed by atoms with E-state index in [1.165, 1.54) is 29.3 Å². The number of aromatic amines is 1. The molecule has 0 bridgehead atoms. The number of aromatic nitrogens is 2. The van der Waals surface area contributed by atoms with Crippen LogP contribution < -0.4 is 10.5 Å². The number of anilines is 2. The lowest BCUT2D eigenvalue weighted by Gasteiger charge is -2.25. The van der Waals surface area contributed by atoms with Crippen LogP contribution in [0.5, 0.6) is 0 Å². The molecule has 10 heteroatoms. The molecule has 0 saturated heterocycles. The molecule has 6 nitrogen and oxygen atoms in total. The second-order valence-corrected chi connectivity index (χ2v) is 9.19. The van der Waals surface area contributed by atoms with E-state index in [2.05, 4.69) is 9.97 Å². The summed E-state index contributed by atoms with van der Waals surface area (Å²) in [5.41, 5.74) is -0.0273. The molecule has 2 aromatic heterocycles. The van der Waals surface area contributed by atoms with Crippen LogP contribution >= 0.6 is 11.3 Å². The first-order valence-corrected chi connectivity index (χ1v) is 10.8. The quantitative estimate of drug-likeness (QED) is 0.516. The summed E-state index contributed by atoms with van der Waals surface area (Å²) in [4.78, 5) is 33.0. The predicted octanol–water partition coefficient (Wildman–Crippen LogP) is 4.67. The van der Waals surface area contributed by atoms with Crippen molar-refractivity contribution in [2.75, 3.05) is 32.6 Å². The Labute approximate surface area is 187 Å². The number of carbonyl (C=O) groups excluding carboxylic acids is 1. The van der Waals surface area contributed by atoms with Crippen LogP contribution in [0.2, 0.25) is 0 Å². The fraction of sp³-hybridized carbons (Fsp3) is 0.318. The first-order chi connectivity index (χ1) is 14.9. The summed E-state index contributed by atoms with van der Waals surface area (Å²) >= 11 is 1.13. The minimum Gasteiger partial charge on any atom is -0.331 e. The third kappa shape index (κ3) is 6.04. The number of benzene rings is 1. The van der Waals surface area contributed by atoms with Gasteiger partial charge in [0.25, 0.3) is 0 Å². The highest BCUT2D eigenvalue weighted by atomic mass is 32.1. The highest BCUT2D eigenvalue weighted by Gasteiger charge is 2.32. The molecule has 170 valence electrons. The van der Waals surface area contributed by atoms with Crippen molar-refractivity contribution in [1.29, 1.82) is 0 Å². The molecule has 0 atom stereocenters. The Balaban J connectivity index is 1.98. The van der Waals surface area contributed by atoms with Gasteiger partial charge in [-0.1, -0.05) is 6.07 Å². The molecule has 0 aliphatic rings. The van der Waals surface area contributed by atoms with E-state index in [0.29, 0.717) is 22.2 Å². The maximum absolute atomic E-state index is 13.3. The molecule has 1 N–H and O–H groups in total. The Bertz CT molecular complexity index is 1150. The van der Waals surface area contributed by atoms with Gasteiger partial charge in [-0.25, -0.2) is 4.98 Å². The van der Waals surface area contributed by atoms with E-state index in [4.69, 9.17) is 0 Å². The molecule has 3 rings (SSSR count). The number of thiazole rings is 1. The SMILES string of the molecule is C[N+](C)(C)CCCC(=O)N(c1cccc(C(F)(F)F)c1)c1nc(-c2cc[nH]c(=O)c2)cs1. The molecular weight excluding hydrogens is 441 g/mol. The lowest BCUT2D eigenvalue weighted by atomic mass is 10.1. The molecule has 0 unspecified atom stereocenters. The molecule has 0 aliphatic carbocycles. The van der Waals surface area contributed by atoms with Gasteiger partial charge in [0.05, 0.1) is 44.6 Å². The van der Waals surface area contributed by atoms with Crippen LogP contribution in [0.15, 0.2) is 52.8 Å².